The van der Waals surface area contributed by atoms with Crippen molar-refractivity contribution in [3.63, 3.8) is 0 Å². The molecule has 4 rings (SSSR count). The highest BCUT2D eigenvalue weighted by Crippen LogP contribution is 2.38. The number of aromatic nitrogens is 3. The zero-order valence-electron chi connectivity index (χ0n) is 17.7. The zero-order valence-corrected chi connectivity index (χ0v) is 18.6. The van der Waals surface area contributed by atoms with Crippen molar-refractivity contribution < 1.29 is 14.3 Å². The summed E-state index contributed by atoms with van der Waals surface area (Å²) in [5.74, 6) is -0.672. The summed E-state index contributed by atoms with van der Waals surface area (Å²) >= 11 is 1.49. The van der Waals surface area contributed by atoms with Gasteiger partial charge in [0.1, 0.15) is 5.00 Å². The van der Waals surface area contributed by atoms with Crippen LogP contribution >= 0.6 is 11.3 Å². The first-order chi connectivity index (χ1) is 14.4. The lowest BCUT2D eigenvalue weighted by Gasteiger charge is -2.10. The lowest BCUT2D eigenvalue weighted by molar-refractivity contribution is 0.0601. The number of hydrogen-bond donors (Lipinski definition) is 1. The van der Waals surface area contributed by atoms with Gasteiger partial charge in [-0.3, -0.25) is 4.79 Å². The normalized spacial score (nSPS) is 13.9. The summed E-state index contributed by atoms with van der Waals surface area (Å²) in [7, 11) is 1.38. The van der Waals surface area contributed by atoms with Gasteiger partial charge in [-0.05, 0) is 58.1 Å². The number of ether oxygens (including phenoxy) is 1. The van der Waals surface area contributed by atoms with Gasteiger partial charge in [0.15, 0.2) is 5.65 Å². The van der Waals surface area contributed by atoms with Crippen LogP contribution in [0.25, 0.3) is 11.0 Å². The van der Waals surface area contributed by atoms with Crippen molar-refractivity contribution in [3.05, 3.63) is 39.5 Å². The highest BCUT2D eigenvalue weighted by Gasteiger charge is 2.27. The van der Waals surface area contributed by atoms with Crippen LogP contribution in [0.4, 0.5) is 5.00 Å². The van der Waals surface area contributed by atoms with Crippen molar-refractivity contribution in [2.24, 2.45) is 0 Å². The third-order valence-corrected chi connectivity index (χ3v) is 6.74. The van der Waals surface area contributed by atoms with E-state index in [2.05, 4.69) is 15.4 Å². The molecule has 30 heavy (non-hydrogen) atoms. The molecule has 0 fully saturated rings. The summed E-state index contributed by atoms with van der Waals surface area (Å²) in [4.78, 5) is 31.5. The van der Waals surface area contributed by atoms with Crippen molar-refractivity contribution in [2.75, 3.05) is 12.4 Å². The molecule has 0 aliphatic heterocycles. The van der Waals surface area contributed by atoms with Gasteiger partial charge in [-0.2, -0.15) is 5.10 Å². The summed E-state index contributed by atoms with van der Waals surface area (Å²) in [6.07, 6.45) is 6.79. The van der Waals surface area contributed by atoms with E-state index < -0.39 is 5.97 Å². The Morgan fingerprint density at radius 1 is 1.23 bits per heavy atom. The second kappa shape index (κ2) is 8.18. The molecule has 0 radical (unpaired) electrons. The average Bonchev–Trinajstić information content (AvgIpc) is 3.19. The van der Waals surface area contributed by atoms with Crippen LogP contribution in [0.5, 0.6) is 0 Å². The SMILES string of the molecule is COC(=O)c1c(NC(=O)c2cc3cnn(C(C)C)c3nc2C)sc2c1CCCCC2. The Morgan fingerprint density at radius 2 is 2.00 bits per heavy atom. The van der Waals surface area contributed by atoms with E-state index in [0.29, 0.717) is 21.8 Å². The summed E-state index contributed by atoms with van der Waals surface area (Å²) in [6, 6.07) is 1.99. The minimum absolute atomic E-state index is 0.179. The second-order valence-electron chi connectivity index (χ2n) is 7.93. The Hall–Kier alpha value is -2.74. The molecule has 1 aliphatic rings. The van der Waals surface area contributed by atoms with E-state index in [4.69, 9.17) is 4.74 Å². The quantitative estimate of drug-likeness (QED) is 0.483. The van der Waals surface area contributed by atoms with Gasteiger partial charge in [-0.25, -0.2) is 14.5 Å². The van der Waals surface area contributed by atoms with Crippen LogP contribution in [0.1, 0.15) is 76.0 Å². The highest BCUT2D eigenvalue weighted by molar-refractivity contribution is 7.17. The number of nitrogens with zero attached hydrogens (tertiary/aromatic N) is 3. The molecule has 0 aromatic carbocycles. The molecule has 3 aromatic rings. The van der Waals surface area contributed by atoms with Crippen molar-refractivity contribution in [1.82, 2.24) is 14.8 Å². The lowest BCUT2D eigenvalue weighted by atomic mass is 10.1. The zero-order chi connectivity index (χ0) is 21.4. The van der Waals surface area contributed by atoms with Crippen molar-refractivity contribution >= 4 is 39.2 Å². The molecular weight excluding hydrogens is 400 g/mol. The number of esters is 1. The third kappa shape index (κ3) is 3.60. The number of rotatable bonds is 4. The van der Waals surface area contributed by atoms with Crippen molar-refractivity contribution in [1.29, 1.82) is 0 Å². The molecule has 0 saturated carbocycles. The molecule has 0 atom stereocenters. The summed E-state index contributed by atoms with van der Waals surface area (Å²) in [5, 5.41) is 8.73. The Balaban J connectivity index is 1.70. The largest absolute Gasteiger partial charge is 0.465 e. The first kappa shape index (κ1) is 20.5. The number of fused-ring (bicyclic) bond motifs is 2. The fourth-order valence-electron chi connectivity index (χ4n) is 3.99. The maximum Gasteiger partial charge on any atom is 0.341 e. The maximum absolute atomic E-state index is 13.1. The predicted molar refractivity (Wildman–Crippen MR) is 118 cm³/mol. The van der Waals surface area contributed by atoms with E-state index in [-0.39, 0.29) is 11.9 Å². The molecule has 1 N–H and O–H groups in total. The van der Waals surface area contributed by atoms with Crippen LogP contribution in [0.3, 0.4) is 0 Å². The summed E-state index contributed by atoms with van der Waals surface area (Å²) < 4.78 is 6.87. The lowest BCUT2D eigenvalue weighted by Crippen LogP contribution is -2.16. The summed E-state index contributed by atoms with van der Waals surface area (Å²) in [5.41, 5.74) is 3.40. The first-order valence-corrected chi connectivity index (χ1v) is 11.1. The van der Waals surface area contributed by atoms with Gasteiger partial charge in [0, 0.05) is 16.3 Å². The molecule has 1 amide bonds. The highest BCUT2D eigenvalue weighted by atomic mass is 32.1. The Bertz CT molecular complexity index is 1130. The van der Waals surface area contributed by atoms with E-state index in [1.165, 1.54) is 23.3 Å². The number of carbonyl (C=O) groups excluding carboxylic acids is 2. The molecule has 158 valence electrons. The minimum atomic E-state index is -0.395. The number of carbonyl (C=O) groups is 2. The minimum Gasteiger partial charge on any atom is -0.465 e. The number of thiophene rings is 1. The average molecular weight is 427 g/mol. The maximum atomic E-state index is 13.1. The monoisotopic (exact) mass is 426 g/mol. The molecule has 0 spiro atoms. The van der Waals surface area contributed by atoms with E-state index >= 15 is 0 Å². The van der Waals surface area contributed by atoms with E-state index in [9.17, 15) is 9.59 Å². The van der Waals surface area contributed by atoms with Crippen LogP contribution in [-0.2, 0) is 17.6 Å². The summed E-state index contributed by atoms with van der Waals surface area (Å²) in [6.45, 7) is 5.90. The topological polar surface area (TPSA) is 86.1 Å². The molecular formula is C22H26N4O3S. The second-order valence-corrected chi connectivity index (χ2v) is 9.04. The third-order valence-electron chi connectivity index (χ3n) is 5.53. The smallest absolute Gasteiger partial charge is 0.341 e. The van der Waals surface area contributed by atoms with E-state index in [1.807, 2.05) is 31.5 Å². The van der Waals surface area contributed by atoms with Crippen LogP contribution < -0.4 is 5.32 Å². The number of amides is 1. The fraction of sp³-hybridized carbons (Fsp3) is 0.455. The van der Waals surface area contributed by atoms with Crippen molar-refractivity contribution in [3.8, 4) is 0 Å². The van der Waals surface area contributed by atoms with Gasteiger partial charge in [0.05, 0.1) is 30.1 Å². The van der Waals surface area contributed by atoms with Gasteiger partial charge in [-0.15, -0.1) is 11.3 Å². The Labute approximate surface area is 179 Å². The standard InChI is InChI=1S/C22H26N4O3S/c1-12(2)26-19-14(11-23-26)10-16(13(3)24-19)20(27)25-21-18(22(28)29-4)15-8-6-5-7-9-17(15)30-21/h10-12H,5-9H2,1-4H3,(H,25,27). The molecule has 8 heteroatoms. The number of anilines is 1. The molecule has 1 aliphatic carbocycles. The Morgan fingerprint density at radius 3 is 2.73 bits per heavy atom. The number of nitrogens with one attached hydrogen (secondary N) is 1. The molecule has 0 saturated heterocycles. The molecule has 0 bridgehead atoms. The van der Waals surface area contributed by atoms with E-state index in [0.717, 1.165) is 48.7 Å². The van der Waals surface area contributed by atoms with Gasteiger partial charge >= 0.3 is 5.97 Å². The number of pyridine rings is 1. The number of aryl methyl sites for hydroxylation is 2. The van der Waals surface area contributed by atoms with Crippen LogP contribution in [-0.4, -0.2) is 33.8 Å². The number of methoxy groups -OCH3 is 1. The van der Waals surface area contributed by atoms with Gasteiger partial charge in [0.25, 0.3) is 5.91 Å². The predicted octanol–water partition coefficient (Wildman–Crippen LogP) is 4.69. The van der Waals surface area contributed by atoms with E-state index in [1.54, 1.807) is 6.20 Å². The molecule has 0 unspecified atom stereocenters. The van der Waals surface area contributed by atoms with Gasteiger partial charge < -0.3 is 10.1 Å². The Kier molecular flexibility index (Phi) is 5.60. The van der Waals surface area contributed by atoms with Crippen molar-refractivity contribution in [2.45, 2.75) is 58.9 Å². The van der Waals surface area contributed by atoms with Crippen LogP contribution in [0.2, 0.25) is 0 Å². The van der Waals surface area contributed by atoms with Crippen LogP contribution in [0, 0.1) is 6.92 Å². The fourth-order valence-corrected chi connectivity index (χ4v) is 5.27. The first-order valence-electron chi connectivity index (χ1n) is 10.3. The molecule has 7 nitrogen and oxygen atoms in total. The number of hydrogen-bond acceptors (Lipinski definition) is 6. The van der Waals surface area contributed by atoms with Crippen LogP contribution in [0.15, 0.2) is 12.3 Å². The van der Waals surface area contributed by atoms with Gasteiger partial charge in [-0.1, -0.05) is 6.42 Å². The van der Waals surface area contributed by atoms with Gasteiger partial charge in [0.2, 0.25) is 0 Å². The molecule has 3 heterocycles. The molecule has 3 aromatic heterocycles.